The van der Waals surface area contributed by atoms with Gasteiger partial charge in [0, 0.05) is 19.0 Å². The summed E-state index contributed by atoms with van der Waals surface area (Å²) in [5.74, 6) is 1.68. The average Bonchev–Trinajstić information content (AvgIpc) is 2.69. The van der Waals surface area contributed by atoms with Crippen LogP contribution >= 0.6 is 0 Å². The van der Waals surface area contributed by atoms with Gasteiger partial charge in [-0.05, 0) is 26.7 Å². The van der Waals surface area contributed by atoms with E-state index < -0.39 is 18.6 Å². The molecule has 0 aromatic carbocycles. The van der Waals surface area contributed by atoms with Crippen molar-refractivity contribution in [3.05, 3.63) is 11.6 Å². The number of aromatic nitrogens is 3. The number of rotatable bonds is 4. The average molecular weight is 276 g/mol. The molecule has 4 nitrogen and oxygen atoms in total. The van der Waals surface area contributed by atoms with Gasteiger partial charge in [0.05, 0.1) is 12.5 Å². The lowest BCUT2D eigenvalue weighted by atomic mass is 10.1. The van der Waals surface area contributed by atoms with Crippen LogP contribution in [0.25, 0.3) is 0 Å². The van der Waals surface area contributed by atoms with Crippen molar-refractivity contribution in [2.75, 3.05) is 0 Å². The van der Waals surface area contributed by atoms with Gasteiger partial charge in [0.25, 0.3) is 0 Å². The number of aryl methyl sites for hydroxylation is 1. The van der Waals surface area contributed by atoms with Crippen LogP contribution in [0.15, 0.2) is 0 Å². The predicted molar refractivity (Wildman–Crippen MR) is 64.6 cm³/mol. The number of halogens is 3. The van der Waals surface area contributed by atoms with E-state index in [0.29, 0.717) is 0 Å². The first-order valence-electron chi connectivity index (χ1n) is 6.61. The molecule has 1 N–H and O–H groups in total. The summed E-state index contributed by atoms with van der Waals surface area (Å²) in [6, 6.07) is -0.858. The molecule has 0 fully saturated rings. The summed E-state index contributed by atoms with van der Waals surface area (Å²) in [5, 5.41) is 11.2. The Morgan fingerprint density at radius 2 is 2.00 bits per heavy atom. The predicted octanol–water partition coefficient (Wildman–Crippen LogP) is 2.61. The topological polar surface area (TPSA) is 42.7 Å². The molecular weight excluding hydrogens is 257 g/mol. The summed E-state index contributed by atoms with van der Waals surface area (Å²) in [7, 11) is 0. The molecule has 0 aliphatic carbocycles. The van der Waals surface area contributed by atoms with Gasteiger partial charge >= 0.3 is 6.18 Å². The molecular formula is C12H19F3N4. The third kappa shape index (κ3) is 3.68. The quantitative estimate of drug-likeness (QED) is 0.919. The van der Waals surface area contributed by atoms with Crippen molar-refractivity contribution in [2.45, 2.75) is 64.3 Å². The molecule has 0 spiro atoms. The first-order chi connectivity index (χ1) is 8.87. The Labute approximate surface area is 110 Å². The Balaban J connectivity index is 2.00. The smallest absolute Gasteiger partial charge is 0.314 e. The molecule has 19 heavy (non-hydrogen) atoms. The van der Waals surface area contributed by atoms with Gasteiger partial charge in [-0.15, -0.1) is 10.2 Å². The lowest BCUT2D eigenvalue weighted by molar-refractivity contribution is -0.139. The number of hydrogen-bond acceptors (Lipinski definition) is 3. The lowest BCUT2D eigenvalue weighted by Crippen LogP contribution is -2.34. The van der Waals surface area contributed by atoms with Crippen LogP contribution in [-0.4, -0.2) is 27.0 Å². The van der Waals surface area contributed by atoms with E-state index in [9.17, 15) is 13.2 Å². The zero-order chi connectivity index (χ0) is 14.0. The fraction of sp³-hybridized carbons (Fsp3) is 0.833. The van der Waals surface area contributed by atoms with Crippen LogP contribution in [0, 0.1) is 0 Å². The van der Waals surface area contributed by atoms with Gasteiger partial charge < -0.3 is 9.88 Å². The minimum absolute atomic E-state index is 0.225. The van der Waals surface area contributed by atoms with Gasteiger partial charge in [0.1, 0.15) is 11.6 Å². The van der Waals surface area contributed by atoms with Crippen molar-refractivity contribution >= 4 is 0 Å². The summed E-state index contributed by atoms with van der Waals surface area (Å²) >= 11 is 0. The normalized spacial score (nSPS) is 19.0. The first kappa shape index (κ1) is 14.3. The SMILES string of the molecule is C[C@H](N[C@@H](C)CC(F)(F)F)c1nnc2n1CCCC2. The van der Waals surface area contributed by atoms with E-state index in [1.54, 1.807) is 0 Å². The standard InChI is InChI=1S/C12H19F3N4/c1-8(7-12(13,14)15)16-9(2)11-18-17-10-5-3-4-6-19(10)11/h8-9,16H,3-7H2,1-2H3/t8-,9-/m0/s1. The van der Waals surface area contributed by atoms with Crippen LogP contribution in [0.3, 0.4) is 0 Å². The first-order valence-corrected chi connectivity index (χ1v) is 6.61. The molecule has 1 aliphatic heterocycles. The second-order valence-corrected chi connectivity index (χ2v) is 5.19. The molecule has 2 atom stereocenters. The Kier molecular flexibility index (Phi) is 4.13. The third-order valence-corrected chi connectivity index (χ3v) is 3.35. The highest BCUT2D eigenvalue weighted by molar-refractivity contribution is 5.03. The monoisotopic (exact) mass is 276 g/mol. The summed E-state index contributed by atoms with van der Waals surface area (Å²) in [4.78, 5) is 0. The molecule has 0 unspecified atom stereocenters. The highest BCUT2D eigenvalue weighted by atomic mass is 19.4. The summed E-state index contributed by atoms with van der Waals surface area (Å²) in [5.41, 5.74) is 0. The van der Waals surface area contributed by atoms with Crippen molar-refractivity contribution in [3.63, 3.8) is 0 Å². The molecule has 1 aromatic heterocycles. The molecule has 2 heterocycles. The van der Waals surface area contributed by atoms with Gasteiger partial charge in [-0.1, -0.05) is 0 Å². The number of fused-ring (bicyclic) bond motifs is 1. The molecule has 0 saturated heterocycles. The van der Waals surface area contributed by atoms with Gasteiger partial charge in [0.15, 0.2) is 0 Å². The van der Waals surface area contributed by atoms with E-state index >= 15 is 0 Å². The van der Waals surface area contributed by atoms with Crippen molar-refractivity contribution < 1.29 is 13.2 Å². The fourth-order valence-corrected chi connectivity index (χ4v) is 2.56. The van der Waals surface area contributed by atoms with Crippen LogP contribution in [0.5, 0.6) is 0 Å². The number of alkyl halides is 3. The van der Waals surface area contributed by atoms with E-state index in [2.05, 4.69) is 15.5 Å². The molecule has 1 aromatic rings. The highest BCUT2D eigenvalue weighted by Gasteiger charge is 2.31. The lowest BCUT2D eigenvalue weighted by Gasteiger charge is -2.22. The number of nitrogens with zero attached hydrogens (tertiary/aromatic N) is 3. The van der Waals surface area contributed by atoms with E-state index in [4.69, 9.17) is 0 Å². The zero-order valence-corrected chi connectivity index (χ0v) is 11.2. The van der Waals surface area contributed by atoms with Crippen molar-refractivity contribution in [1.82, 2.24) is 20.1 Å². The van der Waals surface area contributed by atoms with Crippen molar-refractivity contribution in [1.29, 1.82) is 0 Å². The Hall–Kier alpha value is -1.11. The number of hydrogen-bond donors (Lipinski definition) is 1. The van der Waals surface area contributed by atoms with Gasteiger partial charge in [-0.25, -0.2) is 0 Å². The van der Waals surface area contributed by atoms with E-state index in [0.717, 1.165) is 37.5 Å². The van der Waals surface area contributed by atoms with Crippen LogP contribution in [0.4, 0.5) is 13.2 Å². The van der Waals surface area contributed by atoms with E-state index in [1.165, 1.54) is 6.92 Å². The largest absolute Gasteiger partial charge is 0.390 e. The zero-order valence-electron chi connectivity index (χ0n) is 11.2. The second-order valence-electron chi connectivity index (χ2n) is 5.19. The molecule has 0 amide bonds. The van der Waals surface area contributed by atoms with E-state index in [1.807, 2.05) is 11.5 Å². The highest BCUT2D eigenvalue weighted by Crippen LogP contribution is 2.23. The summed E-state index contributed by atoms with van der Waals surface area (Å²) < 4.78 is 38.9. The van der Waals surface area contributed by atoms with Gasteiger partial charge in [-0.3, -0.25) is 0 Å². The Morgan fingerprint density at radius 3 is 2.68 bits per heavy atom. The fourth-order valence-electron chi connectivity index (χ4n) is 2.56. The van der Waals surface area contributed by atoms with Gasteiger partial charge in [0.2, 0.25) is 0 Å². The summed E-state index contributed by atoms with van der Waals surface area (Å²) in [6.07, 6.45) is -1.90. The van der Waals surface area contributed by atoms with Crippen LogP contribution in [0.2, 0.25) is 0 Å². The number of nitrogens with one attached hydrogen (secondary N) is 1. The Morgan fingerprint density at radius 1 is 1.26 bits per heavy atom. The van der Waals surface area contributed by atoms with Crippen molar-refractivity contribution in [2.24, 2.45) is 0 Å². The Bertz CT molecular complexity index is 427. The molecule has 0 radical (unpaired) electrons. The second kappa shape index (κ2) is 5.48. The van der Waals surface area contributed by atoms with Crippen LogP contribution in [0.1, 0.15) is 50.8 Å². The molecule has 0 bridgehead atoms. The maximum atomic E-state index is 12.3. The van der Waals surface area contributed by atoms with E-state index in [-0.39, 0.29) is 6.04 Å². The molecule has 1 aliphatic rings. The maximum Gasteiger partial charge on any atom is 0.390 e. The molecule has 108 valence electrons. The van der Waals surface area contributed by atoms with Crippen LogP contribution in [-0.2, 0) is 13.0 Å². The molecule has 0 saturated carbocycles. The summed E-state index contributed by atoms with van der Waals surface area (Å²) in [6.45, 7) is 4.23. The third-order valence-electron chi connectivity index (χ3n) is 3.35. The minimum atomic E-state index is -4.14. The van der Waals surface area contributed by atoms with Crippen molar-refractivity contribution in [3.8, 4) is 0 Å². The maximum absolute atomic E-state index is 12.3. The molecule has 7 heteroatoms. The minimum Gasteiger partial charge on any atom is -0.314 e. The van der Waals surface area contributed by atoms with Crippen LogP contribution < -0.4 is 5.32 Å². The molecule has 2 rings (SSSR count). The van der Waals surface area contributed by atoms with Gasteiger partial charge in [-0.2, -0.15) is 13.2 Å².